The maximum absolute atomic E-state index is 14.0. The number of nitrogens with one attached hydrogen (secondary N) is 1. The topological polar surface area (TPSA) is 69.7 Å². The Morgan fingerprint density at radius 3 is 2.41 bits per heavy atom. The van der Waals surface area contributed by atoms with Gasteiger partial charge in [-0.1, -0.05) is 55.0 Å². The van der Waals surface area contributed by atoms with Gasteiger partial charge in [0, 0.05) is 16.9 Å². The van der Waals surface area contributed by atoms with Crippen LogP contribution in [0.25, 0.3) is 0 Å². The Labute approximate surface area is 202 Å². The highest BCUT2D eigenvalue weighted by Gasteiger charge is 2.61. The van der Waals surface area contributed by atoms with Crippen molar-refractivity contribution in [3.63, 3.8) is 0 Å². The van der Waals surface area contributed by atoms with Crippen LogP contribution < -0.4 is 15.1 Å². The molecule has 34 heavy (non-hydrogen) atoms. The van der Waals surface area contributed by atoms with Crippen LogP contribution in [0.4, 0.5) is 17.1 Å². The molecule has 1 fully saturated rings. The Kier molecular flexibility index (Phi) is 5.65. The van der Waals surface area contributed by atoms with Crippen LogP contribution in [-0.4, -0.2) is 30.0 Å². The SMILES string of the molecule is CCc1ccc(NC(=O)CN2C(=O)[C@]3(SCC(=O)N3c3ccc(C)cc3)c3ccccc32)cc1. The van der Waals surface area contributed by atoms with E-state index in [1.165, 1.54) is 22.2 Å². The smallest absolute Gasteiger partial charge is 0.269 e. The lowest BCUT2D eigenvalue weighted by atomic mass is 10.0. The minimum absolute atomic E-state index is 0.126. The fourth-order valence-electron chi connectivity index (χ4n) is 4.57. The van der Waals surface area contributed by atoms with Gasteiger partial charge >= 0.3 is 0 Å². The molecular weight excluding hydrogens is 446 g/mol. The quantitative estimate of drug-likeness (QED) is 0.596. The standard InChI is InChI=1S/C27H25N3O3S/c1-3-19-10-12-20(13-11-19)28-24(31)16-29-23-7-5-4-6-22(23)27(26(29)33)30(25(32)17-34-27)21-14-8-18(2)9-15-21/h4-15H,3,16-17H2,1-2H3,(H,28,31)/t27-/m1/s1. The van der Waals surface area contributed by atoms with Crippen molar-refractivity contribution in [1.29, 1.82) is 0 Å². The number of amides is 3. The Bertz CT molecular complexity index is 1270. The van der Waals surface area contributed by atoms with E-state index in [2.05, 4.69) is 12.2 Å². The van der Waals surface area contributed by atoms with Crippen LogP contribution in [0.3, 0.4) is 0 Å². The van der Waals surface area contributed by atoms with Crippen LogP contribution in [0.2, 0.25) is 0 Å². The first-order valence-electron chi connectivity index (χ1n) is 11.3. The summed E-state index contributed by atoms with van der Waals surface area (Å²) in [5.74, 6) is -0.501. The number of hydrogen-bond acceptors (Lipinski definition) is 4. The summed E-state index contributed by atoms with van der Waals surface area (Å²) in [5, 5.41) is 2.89. The zero-order valence-electron chi connectivity index (χ0n) is 19.1. The van der Waals surface area contributed by atoms with Gasteiger partial charge in [0.05, 0.1) is 11.4 Å². The fourth-order valence-corrected chi connectivity index (χ4v) is 5.93. The first-order valence-corrected chi connectivity index (χ1v) is 12.3. The molecule has 172 valence electrons. The molecule has 0 bridgehead atoms. The summed E-state index contributed by atoms with van der Waals surface area (Å²) in [5.41, 5.74) is 5.00. The number of carbonyl (C=O) groups excluding carboxylic acids is 3. The van der Waals surface area contributed by atoms with Crippen molar-refractivity contribution >= 4 is 46.5 Å². The van der Waals surface area contributed by atoms with E-state index in [4.69, 9.17) is 0 Å². The lowest BCUT2D eigenvalue weighted by molar-refractivity contribution is -0.124. The molecule has 3 amide bonds. The number of thioether (sulfide) groups is 1. The van der Waals surface area contributed by atoms with Gasteiger partial charge in [-0.2, -0.15) is 0 Å². The molecular formula is C27H25N3O3S. The molecule has 5 rings (SSSR count). The van der Waals surface area contributed by atoms with Crippen LogP contribution in [-0.2, 0) is 25.7 Å². The number of hydrogen-bond donors (Lipinski definition) is 1. The van der Waals surface area contributed by atoms with E-state index in [-0.39, 0.29) is 30.0 Å². The number of anilines is 3. The van der Waals surface area contributed by atoms with Crippen molar-refractivity contribution in [2.45, 2.75) is 25.1 Å². The first-order chi connectivity index (χ1) is 16.4. The van der Waals surface area contributed by atoms with Gasteiger partial charge in [0.2, 0.25) is 16.7 Å². The third kappa shape index (κ3) is 3.56. The second kappa shape index (κ2) is 8.65. The van der Waals surface area contributed by atoms with Crippen LogP contribution in [0, 0.1) is 6.92 Å². The molecule has 1 spiro atoms. The molecule has 2 heterocycles. The predicted octanol–water partition coefficient (Wildman–Crippen LogP) is 4.48. The van der Waals surface area contributed by atoms with Gasteiger partial charge in [-0.05, 0) is 49.2 Å². The van der Waals surface area contributed by atoms with Crippen molar-refractivity contribution < 1.29 is 14.4 Å². The van der Waals surface area contributed by atoms with Gasteiger partial charge in [-0.15, -0.1) is 11.8 Å². The summed E-state index contributed by atoms with van der Waals surface area (Å²) in [7, 11) is 0. The molecule has 7 heteroatoms. The largest absolute Gasteiger partial charge is 0.325 e. The monoisotopic (exact) mass is 471 g/mol. The number of fused-ring (bicyclic) bond motifs is 2. The van der Waals surface area contributed by atoms with Gasteiger partial charge < -0.3 is 5.32 Å². The van der Waals surface area contributed by atoms with Gasteiger partial charge in [0.25, 0.3) is 5.91 Å². The molecule has 1 atom stereocenters. The van der Waals surface area contributed by atoms with Crippen molar-refractivity contribution in [1.82, 2.24) is 0 Å². The molecule has 1 saturated heterocycles. The van der Waals surface area contributed by atoms with Crippen LogP contribution in [0.1, 0.15) is 23.6 Å². The van der Waals surface area contributed by atoms with Crippen LogP contribution >= 0.6 is 11.8 Å². The minimum atomic E-state index is -1.22. The first kappa shape index (κ1) is 22.2. The maximum Gasteiger partial charge on any atom is 0.269 e. The van der Waals surface area contributed by atoms with Crippen molar-refractivity contribution in [2.75, 3.05) is 27.4 Å². The molecule has 2 aliphatic heterocycles. The summed E-state index contributed by atoms with van der Waals surface area (Å²) < 4.78 is 0. The van der Waals surface area contributed by atoms with E-state index in [9.17, 15) is 14.4 Å². The lowest BCUT2D eigenvalue weighted by Gasteiger charge is -2.33. The molecule has 6 nitrogen and oxygen atoms in total. The number of aryl methyl sites for hydroxylation is 2. The van der Waals surface area contributed by atoms with Crippen LogP contribution in [0.15, 0.2) is 72.8 Å². The molecule has 0 unspecified atom stereocenters. The van der Waals surface area contributed by atoms with E-state index in [0.717, 1.165) is 17.5 Å². The predicted molar refractivity (Wildman–Crippen MR) is 136 cm³/mol. The molecule has 0 radical (unpaired) electrons. The highest BCUT2D eigenvalue weighted by Crippen LogP contribution is 2.55. The summed E-state index contributed by atoms with van der Waals surface area (Å²) in [4.78, 5) is 41.9. The van der Waals surface area contributed by atoms with Gasteiger partial charge in [0.15, 0.2) is 0 Å². The molecule has 2 aliphatic rings. The Morgan fingerprint density at radius 1 is 1.00 bits per heavy atom. The summed E-state index contributed by atoms with van der Waals surface area (Å²) >= 11 is 1.31. The number of carbonyl (C=O) groups is 3. The third-order valence-corrected chi connectivity index (χ3v) is 7.69. The molecule has 3 aromatic carbocycles. The zero-order chi connectivity index (χ0) is 23.9. The number of para-hydroxylation sites is 1. The van der Waals surface area contributed by atoms with Crippen molar-refractivity contribution in [3.05, 3.63) is 89.5 Å². The molecule has 0 aromatic heterocycles. The van der Waals surface area contributed by atoms with E-state index < -0.39 is 4.87 Å². The average Bonchev–Trinajstić information content (AvgIpc) is 3.31. The third-order valence-electron chi connectivity index (χ3n) is 6.30. The zero-order valence-corrected chi connectivity index (χ0v) is 19.9. The number of rotatable bonds is 5. The molecule has 1 N–H and O–H groups in total. The fraction of sp³-hybridized carbons (Fsp3) is 0.222. The Morgan fingerprint density at radius 2 is 1.71 bits per heavy atom. The van der Waals surface area contributed by atoms with Crippen molar-refractivity contribution in [2.24, 2.45) is 0 Å². The Hall–Kier alpha value is -3.58. The van der Waals surface area contributed by atoms with Gasteiger partial charge in [-0.25, -0.2) is 0 Å². The highest BCUT2D eigenvalue weighted by atomic mass is 32.2. The summed E-state index contributed by atoms with van der Waals surface area (Å²) in [6, 6.07) is 22.7. The molecule has 3 aromatic rings. The molecule has 0 saturated carbocycles. The second-order valence-corrected chi connectivity index (χ2v) is 9.67. The van der Waals surface area contributed by atoms with E-state index in [1.807, 2.05) is 79.7 Å². The minimum Gasteiger partial charge on any atom is -0.325 e. The number of nitrogens with zero attached hydrogens (tertiary/aromatic N) is 2. The summed E-state index contributed by atoms with van der Waals surface area (Å²) in [6.07, 6.45) is 0.920. The average molecular weight is 472 g/mol. The van der Waals surface area contributed by atoms with Gasteiger partial charge in [0.1, 0.15) is 6.54 Å². The molecule has 0 aliphatic carbocycles. The second-order valence-electron chi connectivity index (χ2n) is 8.50. The Balaban J connectivity index is 1.48. The normalized spacial score (nSPS) is 19.1. The van der Waals surface area contributed by atoms with E-state index in [0.29, 0.717) is 17.1 Å². The van der Waals surface area contributed by atoms with Crippen LogP contribution in [0.5, 0.6) is 0 Å². The van der Waals surface area contributed by atoms with E-state index in [1.54, 1.807) is 4.90 Å². The highest BCUT2D eigenvalue weighted by molar-refractivity contribution is 8.02. The maximum atomic E-state index is 14.0. The summed E-state index contributed by atoms with van der Waals surface area (Å²) in [6.45, 7) is 3.92. The van der Waals surface area contributed by atoms with E-state index >= 15 is 0 Å². The van der Waals surface area contributed by atoms with Gasteiger partial charge in [-0.3, -0.25) is 24.2 Å². The van der Waals surface area contributed by atoms with Crippen molar-refractivity contribution in [3.8, 4) is 0 Å². The lowest BCUT2D eigenvalue weighted by Crippen LogP contribution is -2.50. The number of benzene rings is 3.